The van der Waals surface area contributed by atoms with Crippen LogP contribution in [0, 0.1) is 0 Å². The van der Waals surface area contributed by atoms with Gasteiger partial charge >= 0.3 is 0 Å². The zero-order valence-electron chi connectivity index (χ0n) is 72.1. The number of rotatable bonds is 78. The Morgan fingerprint density at radius 2 is 0.396 bits per heavy atom. The first kappa shape index (κ1) is 94.6. The smallest absolute Gasteiger partial charge is 0.232 e. The van der Waals surface area contributed by atoms with E-state index >= 15 is 0 Å². The maximum Gasteiger partial charge on any atom is 0.232 e. The lowest BCUT2D eigenvalue weighted by atomic mass is 9.89. The van der Waals surface area contributed by atoms with Crippen molar-refractivity contribution in [1.82, 2.24) is 15.0 Å². The fourth-order valence-electron chi connectivity index (χ4n) is 16.9. The van der Waals surface area contributed by atoms with Gasteiger partial charge in [0.15, 0.2) is 5.82 Å². The molecule has 1 aromatic heterocycles. The number of benzene rings is 3. The summed E-state index contributed by atoms with van der Waals surface area (Å²) >= 11 is 0. The van der Waals surface area contributed by atoms with Crippen LogP contribution in [0.2, 0.25) is 0 Å². The fraction of sp³-hybridized carbons (Fsp3) is 0.792. The van der Waals surface area contributed by atoms with Gasteiger partial charge in [-0.25, -0.2) is 0 Å². The predicted molar refractivity (Wildman–Crippen MR) is 475 cm³/mol. The number of nitrogens with one attached hydrogen (secondary N) is 2. The Balaban J connectivity index is 1.74. The molecule has 0 aliphatic carbocycles. The first-order valence-electron chi connectivity index (χ1n) is 48.1. The summed E-state index contributed by atoms with van der Waals surface area (Å²) in [5.74, 6) is 2.01. The Kier molecular flexibility index (Phi) is 61.8. The van der Waals surface area contributed by atoms with Gasteiger partial charge in [-0.3, -0.25) is 0 Å². The molecule has 106 heavy (non-hydrogen) atoms. The van der Waals surface area contributed by atoms with Gasteiger partial charge < -0.3 is 10.6 Å². The number of aryl methyl sites for hydroxylation is 5. The summed E-state index contributed by atoms with van der Waals surface area (Å²) in [5.41, 5.74) is 14.4. The van der Waals surface area contributed by atoms with Gasteiger partial charge in [0.1, 0.15) is 0 Å². The lowest BCUT2D eigenvalue weighted by Gasteiger charge is -2.20. The van der Waals surface area contributed by atoms with Crippen LogP contribution in [0.3, 0.4) is 0 Å². The van der Waals surface area contributed by atoms with Crippen molar-refractivity contribution in [1.29, 1.82) is 0 Å². The third-order valence-electron chi connectivity index (χ3n) is 23.9. The summed E-state index contributed by atoms with van der Waals surface area (Å²) in [4.78, 5) is 16.2. The quantitative estimate of drug-likeness (QED) is 0.0431. The SMILES string of the molecule is CCCCCCCCCCCCCc1cc(Nc2nc(Nc3cc(CCCCCCCCCCCCC)c(CCCCCCCCCCCCC)c(CCCCCCCCCCCCC)c3)nc(-c3ccc(CC)cc3)n2)cc(CCCCCCCCCCCCC)c1CCCCCCCCCCCCC. The Hall–Kier alpha value is -3.73. The summed E-state index contributed by atoms with van der Waals surface area (Å²) < 4.78 is 0. The fourth-order valence-corrected chi connectivity index (χ4v) is 16.9. The molecular formula is C101H177N5. The lowest BCUT2D eigenvalue weighted by Crippen LogP contribution is -2.09. The number of unbranched alkanes of at least 4 members (excludes halogenated alkanes) is 60. The summed E-state index contributed by atoms with van der Waals surface area (Å²) in [6.07, 6.45) is 99.1. The van der Waals surface area contributed by atoms with E-state index in [0.29, 0.717) is 11.9 Å². The minimum atomic E-state index is 0.641. The van der Waals surface area contributed by atoms with E-state index in [1.807, 2.05) is 0 Å². The molecular weight excluding hydrogens is 1280 g/mol. The highest BCUT2D eigenvalue weighted by Crippen LogP contribution is 2.34. The number of anilines is 4. The van der Waals surface area contributed by atoms with E-state index in [1.54, 1.807) is 33.4 Å². The van der Waals surface area contributed by atoms with Crippen LogP contribution in [0.15, 0.2) is 48.5 Å². The Morgan fingerprint density at radius 3 is 0.594 bits per heavy atom. The van der Waals surface area contributed by atoms with Crippen molar-refractivity contribution in [2.24, 2.45) is 0 Å². The molecule has 0 bridgehead atoms. The third kappa shape index (κ3) is 48.8. The highest BCUT2D eigenvalue weighted by molar-refractivity contribution is 5.66. The molecule has 0 aliphatic rings. The van der Waals surface area contributed by atoms with E-state index in [9.17, 15) is 0 Å². The molecule has 0 fully saturated rings. The third-order valence-corrected chi connectivity index (χ3v) is 23.9. The van der Waals surface area contributed by atoms with Gasteiger partial charge in [0, 0.05) is 16.9 Å². The van der Waals surface area contributed by atoms with Crippen LogP contribution in [0.4, 0.5) is 23.3 Å². The lowest BCUT2D eigenvalue weighted by molar-refractivity contribution is 0.545. The van der Waals surface area contributed by atoms with E-state index in [4.69, 9.17) is 15.0 Å². The van der Waals surface area contributed by atoms with Crippen molar-refractivity contribution < 1.29 is 0 Å². The maximum absolute atomic E-state index is 5.45. The van der Waals surface area contributed by atoms with Crippen LogP contribution in [0.5, 0.6) is 0 Å². The second-order valence-corrected chi connectivity index (χ2v) is 33.9. The van der Waals surface area contributed by atoms with Crippen LogP contribution >= 0.6 is 0 Å². The van der Waals surface area contributed by atoms with Crippen molar-refractivity contribution >= 4 is 23.3 Å². The molecule has 5 heteroatoms. The molecule has 0 saturated carbocycles. The Morgan fingerprint density at radius 1 is 0.208 bits per heavy atom. The average molecular weight is 1460 g/mol. The number of aromatic nitrogens is 3. The number of hydrogen-bond acceptors (Lipinski definition) is 5. The van der Waals surface area contributed by atoms with Gasteiger partial charge in [0.2, 0.25) is 11.9 Å². The van der Waals surface area contributed by atoms with Crippen molar-refractivity contribution in [2.45, 2.75) is 517 Å². The van der Waals surface area contributed by atoms with E-state index in [1.165, 1.54) is 442 Å². The van der Waals surface area contributed by atoms with Crippen LogP contribution < -0.4 is 10.6 Å². The molecule has 0 radical (unpaired) electrons. The van der Waals surface area contributed by atoms with E-state index in [0.717, 1.165) is 54.9 Å². The largest absolute Gasteiger partial charge is 0.324 e. The van der Waals surface area contributed by atoms with Crippen molar-refractivity contribution in [3.8, 4) is 11.4 Å². The highest BCUT2D eigenvalue weighted by Gasteiger charge is 2.18. The summed E-state index contributed by atoms with van der Waals surface area (Å²) in [6.45, 7) is 16.3. The van der Waals surface area contributed by atoms with Gasteiger partial charge in [-0.2, -0.15) is 15.0 Å². The summed E-state index contributed by atoms with van der Waals surface area (Å²) in [5, 5.41) is 7.96. The first-order chi connectivity index (χ1) is 52.5. The molecule has 0 saturated heterocycles. The molecule has 0 spiro atoms. The van der Waals surface area contributed by atoms with Crippen LogP contribution in [-0.2, 0) is 44.9 Å². The Bertz CT molecular complexity index is 2340. The van der Waals surface area contributed by atoms with E-state index < -0.39 is 0 Å². The minimum Gasteiger partial charge on any atom is -0.324 e. The van der Waals surface area contributed by atoms with Gasteiger partial charge in [-0.15, -0.1) is 0 Å². The number of nitrogens with zero attached hydrogens (tertiary/aromatic N) is 3. The van der Waals surface area contributed by atoms with Crippen LogP contribution in [-0.4, -0.2) is 15.0 Å². The molecule has 0 unspecified atom stereocenters. The van der Waals surface area contributed by atoms with Gasteiger partial charge in [0.05, 0.1) is 0 Å². The molecule has 606 valence electrons. The van der Waals surface area contributed by atoms with Crippen LogP contribution in [0.25, 0.3) is 11.4 Å². The first-order valence-corrected chi connectivity index (χ1v) is 48.1. The molecule has 0 atom stereocenters. The highest BCUT2D eigenvalue weighted by atomic mass is 15.2. The van der Waals surface area contributed by atoms with Crippen molar-refractivity contribution in [3.05, 3.63) is 87.5 Å². The Labute approximate surface area is 661 Å². The monoisotopic (exact) mass is 1460 g/mol. The van der Waals surface area contributed by atoms with E-state index in [2.05, 4.69) is 108 Å². The van der Waals surface area contributed by atoms with Crippen molar-refractivity contribution in [2.75, 3.05) is 10.6 Å². The number of hydrogen-bond donors (Lipinski definition) is 2. The average Bonchev–Trinajstić information content (AvgIpc) is 0.811. The molecule has 5 nitrogen and oxygen atoms in total. The van der Waals surface area contributed by atoms with E-state index in [-0.39, 0.29) is 0 Å². The van der Waals surface area contributed by atoms with Crippen LogP contribution in [0.1, 0.15) is 511 Å². The standard InChI is InChI=1S/C101H177N5/c1-8-15-21-27-33-39-45-51-57-63-69-75-91-85-95(86-92(76-70-64-58-52-46-40-34-28-22-16-9-2)97(91)79-73-67-61-55-49-43-37-31-25-19-12-5)102-100-104-99(90-83-81-89(14-7)82-84-90)105-101(106-100)103-96-87-93(77-71-65-59-53-47-41-35-29-23-17-10-3)98(80-74-68-62-56-50-44-38-32-26-20-13-6)94(88-96)78-72-66-60-54-48-42-36-30-24-18-11-4/h81-88H,8-80H2,1-7H3,(H2,102,103,104,105,106). The molecule has 4 aromatic rings. The molecule has 1 heterocycles. The predicted octanol–water partition coefficient (Wildman–Crippen LogP) is 34.7. The van der Waals surface area contributed by atoms with Gasteiger partial charge in [-0.1, -0.05) is 458 Å². The molecule has 3 aromatic carbocycles. The second-order valence-electron chi connectivity index (χ2n) is 33.9. The normalized spacial score (nSPS) is 11.7. The van der Waals surface area contributed by atoms with Crippen molar-refractivity contribution in [3.63, 3.8) is 0 Å². The molecule has 2 N–H and O–H groups in total. The zero-order valence-corrected chi connectivity index (χ0v) is 72.1. The molecule has 0 aliphatic heterocycles. The molecule has 0 amide bonds. The maximum atomic E-state index is 5.45. The summed E-state index contributed by atoms with van der Waals surface area (Å²) in [6, 6.07) is 19.2. The minimum absolute atomic E-state index is 0.641. The van der Waals surface area contributed by atoms with Gasteiger partial charge in [-0.05, 0) is 147 Å². The van der Waals surface area contributed by atoms with Gasteiger partial charge in [0.25, 0.3) is 0 Å². The summed E-state index contributed by atoms with van der Waals surface area (Å²) in [7, 11) is 0. The molecule has 4 rings (SSSR count). The zero-order chi connectivity index (χ0) is 75.3. The topological polar surface area (TPSA) is 62.7 Å². The second kappa shape index (κ2) is 69.2.